The molecule has 0 aliphatic carbocycles. The molecule has 26 heavy (non-hydrogen) atoms. The van der Waals surface area contributed by atoms with Gasteiger partial charge in [-0.2, -0.15) is 0 Å². The fourth-order valence-corrected chi connectivity index (χ4v) is 3.77. The Labute approximate surface area is 153 Å². The lowest BCUT2D eigenvalue weighted by Crippen LogP contribution is -2.33. The molecule has 4 rings (SSSR count). The maximum atomic E-state index is 12.5. The van der Waals surface area contributed by atoms with Gasteiger partial charge in [0, 0.05) is 11.7 Å². The number of nitrogens with zero attached hydrogens (tertiary/aromatic N) is 1. The summed E-state index contributed by atoms with van der Waals surface area (Å²) in [7, 11) is 0. The first kappa shape index (κ1) is 16.9. The van der Waals surface area contributed by atoms with Crippen molar-refractivity contribution in [2.24, 2.45) is 0 Å². The second-order valence-corrected chi connectivity index (χ2v) is 6.95. The van der Waals surface area contributed by atoms with Crippen LogP contribution in [0.5, 0.6) is 11.5 Å². The lowest BCUT2D eigenvalue weighted by atomic mass is 10.0. The Morgan fingerprint density at radius 3 is 2.85 bits per heavy atom. The summed E-state index contributed by atoms with van der Waals surface area (Å²) in [5, 5.41) is 3.01. The molecule has 0 spiro atoms. The average molecular weight is 352 g/mol. The van der Waals surface area contributed by atoms with Crippen molar-refractivity contribution in [1.29, 1.82) is 0 Å². The minimum Gasteiger partial charge on any atom is -0.486 e. The van der Waals surface area contributed by atoms with Gasteiger partial charge in [-0.3, -0.25) is 9.69 Å². The van der Waals surface area contributed by atoms with Crippen molar-refractivity contribution in [3.05, 3.63) is 53.6 Å². The molecule has 0 aromatic heterocycles. The lowest BCUT2D eigenvalue weighted by Gasteiger charge is -2.26. The minimum atomic E-state index is 0.0278. The number of ether oxygens (including phenoxy) is 2. The Morgan fingerprint density at radius 1 is 1.15 bits per heavy atom. The van der Waals surface area contributed by atoms with E-state index in [-0.39, 0.29) is 11.9 Å². The molecule has 1 unspecified atom stereocenters. The molecule has 0 radical (unpaired) electrons. The number of benzene rings is 2. The number of hydrogen-bond donors (Lipinski definition) is 1. The van der Waals surface area contributed by atoms with Gasteiger partial charge in [0.2, 0.25) is 5.91 Å². The second-order valence-electron chi connectivity index (χ2n) is 6.95. The van der Waals surface area contributed by atoms with Gasteiger partial charge in [-0.25, -0.2) is 0 Å². The predicted molar refractivity (Wildman–Crippen MR) is 101 cm³/mol. The van der Waals surface area contributed by atoms with Crippen LogP contribution >= 0.6 is 0 Å². The molecular formula is C21H24N2O3. The second kappa shape index (κ2) is 7.38. The van der Waals surface area contributed by atoms with Crippen LogP contribution in [0, 0.1) is 6.92 Å². The van der Waals surface area contributed by atoms with Gasteiger partial charge in [-0.1, -0.05) is 18.2 Å². The summed E-state index contributed by atoms with van der Waals surface area (Å²) >= 11 is 0. The molecule has 2 aromatic carbocycles. The molecule has 1 saturated heterocycles. The van der Waals surface area contributed by atoms with Crippen LogP contribution in [0.25, 0.3) is 0 Å². The van der Waals surface area contributed by atoms with E-state index in [1.165, 1.54) is 5.56 Å². The molecule has 2 aliphatic rings. The normalized spacial score (nSPS) is 19.3. The van der Waals surface area contributed by atoms with Crippen molar-refractivity contribution >= 4 is 11.6 Å². The lowest BCUT2D eigenvalue weighted by molar-refractivity contribution is -0.117. The molecule has 0 bridgehead atoms. The molecule has 1 atom stereocenters. The first-order chi connectivity index (χ1) is 12.7. The highest BCUT2D eigenvalue weighted by molar-refractivity contribution is 5.92. The SMILES string of the molecule is Cc1cccc(NC(=O)CN2CCCC2c2ccc3c(c2)OCCO3)c1. The molecular weight excluding hydrogens is 328 g/mol. The van der Waals surface area contributed by atoms with Crippen molar-refractivity contribution in [2.75, 3.05) is 31.6 Å². The third kappa shape index (κ3) is 3.68. The summed E-state index contributed by atoms with van der Waals surface area (Å²) in [5.74, 6) is 1.64. The molecule has 2 heterocycles. The van der Waals surface area contributed by atoms with Gasteiger partial charge in [-0.15, -0.1) is 0 Å². The monoisotopic (exact) mass is 352 g/mol. The van der Waals surface area contributed by atoms with Crippen LogP contribution in [0.4, 0.5) is 5.69 Å². The fourth-order valence-electron chi connectivity index (χ4n) is 3.77. The largest absolute Gasteiger partial charge is 0.486 e. The smallest absolute Gasteiger partial charge is 0.238 e. The van der Waals surface area contributed by atoms with Gasteiger partial charge in [-0.05, 0) is 61.7 Å². The standard InChI is InChI=1S/C21H24N2O3/c1-15-4-2-5-17(12-15)22-21(24)14-23-9-3-6-18(23)16-7-8-19-20(13-16)26-11-10-25-19/h2,4-5,7-8,12-13,18H,3,6,9-11,14H2,1H3,(H,22,24). The number of hydrogen-bond acceptors (Lipinski definition) is 4. The summed E-state index contributed by atoms with van der Waals surface area (Å²) in [6.07, 6.45) is 2.15. The summed E-state index contributed by atoms with van der Waals surface area (Å²) in [4.78, 5) is 14.7. The number of fused-ring (bicyclic) bond motifs is 1. The van der Waals surface area contributed by atoms with E-state index in [0.717, 1.165) is 42.1 Å². The van der Waals surface area contributed by atoms with E-state index in [4.69, 9.17) is 9.47 Å². The zero-order valence-corrected chi connectivity index (χ0v) is 15.0. The van der Waals surface area contributed by atoms with E-state index >= 15 is 0 Å². The molecule has 2 aliphatic heterocycles. The molecule has 0 saturated carbocycles. The Balaban J connectivity index is 1.44. The summed E-state index contributed by atoms with van der Waals surface area (Å²) in [6, 6.07) is 14.3. The number of carbonyl (C=O) groups excluding carboxylic acids is 1. The zero-order valence-electron chi connectivity index (χ0n) is 15.0. The predicted octanol–water partition coefficient (Wildman–Crippen LogP) is 3.54. The summed E-state index contributed by atoms with van der Waals surface area (Å²) < 4.78 is 11.3. The first-order valence-electron chi connectivity index (χ1n) is 9.19. The van der Waals surface area contributed by atoms with Crippen LogP contribution in [0.1, 0.15) is 30.0 Å². The maximum Gasteiger partial charge on any atom is 0.238 e. The van der Waals surface area contributed by atoms with E-state index in [9.17, 15) is 4.79 Å². The van der Waals surface area contributed by atoms with E-state index < -0.39 is 0 Å². The van der Waals surface area contributed by atoms with Crippen molar-refractivity contribution in [3.63, 3.8) is 0 Å². The van der Waals surface area contributed by atoms with Gasteiger partial charge in [0.05, 0.1) is 6.54 Å². The van der Waals surface area contributed by atoms with Gasteiger partial charge in [0.15, 0.2) is 11.5 Å². The number of anilines is 1. The highest BCUT2D eigenvalue weighted by atomic mass is 16.6. The number of aryl methyl sites for hydroxylation is 1. The highest BCUT2D eigenvalue weighted by Gasteiger charge is 2.28. The Hall–Kier alpha value is -2.53. The van der Waals surface area contributed by atoms with Gasteiger partial charge < -0.3 is 14.8 Å². The molecule has 1 fully saturated rings. The molecule has 136 valence electrons. The average Bonchev–Trinajstić information content (AvgIpc) is 3.09. The van der Waals surface area contributed by atoms with E-state index in [2.05, 4.69) is 22.3 Å². The minimum absolute atomic E-state index is 0.0278. The van der Waals surface area contributed by atoms with Gasteiger partial charge >= 0.3 is 0 Å². The number of nitrogens with one attached hydrogen (secondary N) is 1. The number of amides is 1. The van der Waals surface area contributed by atoms with E-state index in [1.807, 2.05) is 37.3 Å². The third-order valence-electron chi connectivity index (χ3n) is 4.96. The van der Waals surface area contributed by atoms with E-state index in [0.29, 0.717) is 19.8 Å². The van der Waals surface area contributed by atoms with Crippen LogP contribution in [-0.4, -0.2) is 37.1 Å². The van der Waals surface area contributed by atoms with Crippen molar-refractivity contribution in [1.82, 2.24) is 4.90 Å². The fraction of sp³-hybridized carbons (Fsp3) is 0.381. The van der Waals surface area contributed by atoms with Crippen LogP contribution in [0.2, 0.25) is 0 Å². The van der Waals surface area contributed by atoms with Crippen LogP contribution in [0.3, 0.4) is 0 Å². The van der Waals surface area contributed by atoms with Crippen molar-refractivity contribution < 1.29 is 14.3 Å². The highest BCUT2D eigenvalue weighted by Crippen LogP contribution is 2.37. The first-order valence-corrected chi connectivity index (χ1v) is 9.19. The van der Waals surface area contributed by atoms with E-state index in [1.54, 1.807) is 0 Å². The Kier molecular flexibility index (Phi) is 4.80. The van der Waals surface area contributed by atoms with Crippen molar-refractivity contribution in [3.8, 4) is 11.5 Å². The van der Waals surface area contributed by atoms with Gasteiger partial charge in [0.1, 0.15) is 13.2 Å². The topological polar surface area (TPSA) is 50.8 Å². The molecule has 5 heteroatoms. The quantitative estimate of drug-likeness (QED) is 0.914. The van der Waals surface area contributed by atoms with Gasteiger partial charge in [0.25, 0.3) is 0 Å². The van der Waals surface area contributed by atoms with Crippen LogP contribution in [-0.2, 0) is 4.79 Å². The third-order valence-corrected chi connectivity index (χ3v) is 4.96. The summed E-state index contributed by atoms with van der Waals surface area (Å²) in [6.45, 7) is 4.53. The maximum absolute atomic E-state index is 12.5. The van der Waals surface area contributed by atoms with Crippen molar-refractivity contribution in [2.45, 2.75) is 25.8 Å². The molecule has 1 amide bonds. The summed E-state index contributed by atoms with van der Waals surface area (Å²) in [5.41, 5.74) is 3.18. The molecule has 5 nitrogen and oxygen atoms in total. The molecule has 1 N–H and O–H groups in total. The number of carbonyl (C=O) groups is 1. The number of likely N-dealkylation sites (tertiary alicyclic amines) is 1. The zero-order chi connectivity index (χ0) is 17.9. The Morgan fingerprint density at radius 2 is 2.00 bits per heavy atom. The number of rotatable bonds is 4. The van der Waals surface area contributed by atoms with Crippen LogP contribution in [0.15, 0.2) is 42.5 Å². The molecule has 2 aromatic rings. The van der Waals surface area contributed by atoms with Crippen LogP contribution < -0.4 is 14.8 Å². The Bertz CT molecular complexity index is 806.